The quantitative estimate of drug-likeness (QED) is 0.580. The van der Waals surface area contributed by atoms with E-state index >= 15 is 0 Å². The van der Waals surface area contributed by atoms with Crippen molar-refractivity contribution in [2.75, 3.05) is 6.54 Å². The average Bonchev–Trinajstić information content (AvgIpc) is 2.28. The molecule has 0 spiro atoms. The largest absolute Gasteiger partial charge is 0.310 e. The Labute approximate surface area is 90.5 Å². The molecule has 1 heterocycles. The molecule has 1 fully saturated rings. The second-order valence-electron chi connectivity index (χ2n) is 3.88. The molecule has 1 nitrogen and oxygen atoms in total. The number of nitrogens with one attached hydrogen (secondary N) is 1. The van der Waals surface area contributed by atoms with Gasteiger partial charge in [0.2, 0.25) is 0 Å². The Morgan fingerprint density at radius 1 is 1.00 bits per heavy atom. The van der Waals surface area contributed by atoms with Crippen LogP contribution in [0.2, 0.25) is 0 Å². The maximum atomic E-state index is 13.4. The highest BCUT2D eigenvalue weighted by Gasteiger charge is 2.26. The fourth-order valence-electron chi connectivity index (χ4n) is 2.00. The first kappa shape index (κ1) is 11.4. The normalized spacial score (nSPS) is 21.1. The minimum Gasteiger partial charge on any atom is -0.310 e. The van der Waals surface area contributed by atoms with E-state index < -0.39 is 34.9 Å². The smallest absolute Gasteiger partial charge is 0.166 e. The maximum Gasteiger partial charge on any atom is 0.166 e. The van der Waals surface area contributed by atoms with Crippen molar-refractivity contribution in [2.24, 2.45) is 0 Å². The van der Waals surface area contributed by atoms with Crippen LogP contribution in [0.25, 0.3) is 0 Å². The van der Waals surface area contributed by atoms with Gasteiger partial charge in [0.15, 0.2) is 23.3 Å². The Morgan fingerprint density at radius 2 is 1.62 bits per heavy atom. The second-order valence-corrected chi connectivity index (χ2v) is 3.88. The highest BCUT2D eigenvalue weighted by molar-refractivity contribution is 5.26. The lowest BCUT2D eigenvalue weighted by molar-refractivity contribution is 0.363. The van der Waals surface area contributed by atoms with Gasteiger partial charge in [-0.25, -0.2) is 17.6 Å². The van der Waals surface area contributed by atoms with Gasteiger partial charge >= 0.3 is 0 Å². The predicted molar refractivity (Wildman–Crippen MR) is 50.9 cm³/mol. The number of hydrogen-bond donors (Lipinski definition) is 1. The summed E-state index contributed by atoms with van der Waals surface area (Å²) in [6, 6.07) is -0.407. The zero-order valence-electron chi connectivity index (χ0n) is 8.49. The molecule has 1 N–H and O–H groups in total. The van der Waals surface area contributed by atoms with Crippen LogP contribution in [0, 0.1) is 23.3 Å². The molecule has 0 amide bonds. The Kier molecular flexibility index (Phi) is 3.14. The molecule has 1 saturated heterocycles. The molecule has 16 heavy (non-hydrogen) atoms. The SMILES string of the molecule is Fc1cc(F)c(F)c(C2CCCCN2)c1F. The third kappa shape index (κ3) is 1.91. The van der Waals surface area contributed by atoms with Gasteiger partial charge in [0, 0.05) is 17.7 Å². The van der Waals surface area contributed by atoms with Gasteiger partial charge in [0.1, 0.15) is 0 Å². The molecule has 1 aliphatic rings. The van der Waals surface area contributed by atoms with E-state index in [4.69, 9.17) is 0 Å². The van der Waals surface area contributed by atoms with Gasteiger partial charge in [-0.2, -0.15) is 0 Å². The maximum absolute atomic E-state index is 13.4. The lowest BCUT2D eigenvalue weighted by atomic mass is 9.96. The molecule has 88 valence electrons. The Hall–Kier alpha value is -1.10. The molecule has 1 aromatic rings. The van der Waals surface area contributed by atoms with Crippen LogP contribution in [0.15, 0.2) is 6.07 Å². The van der Waals surface area contributed by atoms with Gasteiger partial charge in [-0.05, 0) is 19.4 Å². The fourth-order valence-corrected chi connectivity index (χ4v) is 2.00. The third-order valence-corrected chi connectivity index (χ3v) is 2.80. The highest BCUT2D eigenvalue weighted by Crippen LogP contribution is 2.29. The molecule has 1 aliphatic heterocycles. The zero-order valence-corrected chi connectivity index (χ0v) is 8.49. The van der Waals surface area contributed by atoms with Crippen LogP contribution < -0.4 is 5.32 Å². The molecule has 0 aliphatic carbocycles. The van der Waals surface area contributed by atoms with Crippen molar-refractivity contribution >= 4 is 0 Å². The highest BCUT2D eigenvalue weighted by atomic mass is 19.2. The van der Waals surface area contributed by atoms with E-state index in [0.29, 0.717) is 13.0 Å². The van der Waals surface area contributed by atoms with Gasteiger partial charge < -0.3 is 5.32 Å². The van der Waals surface area contributed by atoms with Crippen molar-refractivity contribution in [3.8, 4) is 0 Å². The molecule has 0 bridgehead atoms. The van der Waals surface area contributed by atoms with Crippen LogP contribution in [0.3, 0.4) is 0 Å². The van der Waals surface area contributed by atoms with Crippen LogP contribution in [0.1, 0.15) is 30.9 Å². The van der Waals surface area contributed by atoms with Crippen molar-refractivity contribution in [3.05, 3.63) is 34.9 Å². The second kappa shape index (κ2) is 4.41. The summed E-state index contributed by atoms with van der Waals surface area (Å²) in [5, 5.41) is 2.86. The Morgan fingerprint density at radius 3 is 2.12 bits per heavy atom. The van der Waals surface area contributed by atoms with E-state index in [0.717, 1.165) is 12.8 Å². The number of piperidine rings is 1. The van der Waals surface area contributed by atoms with Gasteiger partial charge in [-0.3, -0.25) is 0 Å². The van der Waals surface area contributed by atoms with Crippen LogP contribution in [0.4, 0.5) is 17.6 Å². The summed E-state index contributed by atoms with van der Waals surface area (Å²) in [6.07, 6.45) is 2.17. The van der Waals surface area contributed by atoms with Gasteiger partial charge in [-0.15, -0.1) is 0 Å². The summed E-state index contributed by atoms with van der Waals surface area (Å²) in [6.45, 7) is 0.599. The van der Waals surface area contributed by atoms with E-state index in [1.165, 1.54) is 0 Å². The summed E-state index contributed by atoms with van der Waals surface area (Å²) in [7, 11) is 0. The number of rotatable bonds is 1. The molecule has 0 radical (unpaired) electrons. The van der Waals surface area contributed by atoms with Gasteiger partial charge in [0.25, 0.3) is 0 Å². The van der Waals surface area contributed by atoms with Crippen LogP contribution >= 0.6 is 0 Å². The first-order valence-electron chi connectivity index (χ1n) is 5.17. The van der Waals surface area contributed by atoms with Crippen molar-refractivity contribution < 1.29 is 17.6 Å². The topological polar surface area (TPSA) is 12.0 Å². The van der Waals surface area contributed by atoms with Crippen LogP contribution in [-0.4, -0.2) is 6.54 Å². The van der Waals surface area contributed by atoms with E-state index in [1.807, 2.05) is 0 Å². The standard InChI is InChI=1S/C11H11F4N/c12-6-5-7(13)11(15)9(10(6)14)8-3-1-2-4-16-8/h5,8,16H,1-4H2. The predicted octanol–water partition coefficient (Wildman–Crippen LogP) is 3.06. The molecule has 1 atom stereocenters. The fraction of sp³-hybridized carbons (Fsp3) is 0.455. The van der Waals surface area contributed by atoms with Crippen LogP contribution in [0.5, 0.6) is 0 Å². The molecule has 5 heteroatoms. The summed E-state index contributed by atoms with van der Waals surface area (Å²) >= 11 is 0. The molecule has 2 rings (SSSR count). The monoisotopic (exact) mass is 233 g/mol. The molecular weight excluding hydrogens is 222 g/mol. The van der Waals surface area contributed by atoms with Gasteiger partial charge in [-0.1, -0.05) is 6.42 Å². The van der Waals surface area contributed by atoms with E-state index in [2.05, 4.69) is 5.32 Å². The molecule has 0 aromatic heterocycles. The summed E-state index contributed by atoms with van der Waals surface area (Å²) in [5.41, 5.74) is -0.516. The van der Waals surface area contributed by atoms with Crippen molar-refractivity contribution in [1.29, 1.82) is 0 Å². The van der Waals surface area contributed by atoms with Crippen molar-refractivity contribution in [2.45, 2.75) is 25.3 Å². The van der Waals surface area contributed by atoms with E-state index in [-0.39, 0.29) is 6.07 Å². The minimum atomic E-state index is -1.35. The van der Waals surface area contributed by atoms with Crippen molar-refractivity contribution in [1.82, 2.24) is 5.32 Å². The third-order valence-electron chi connectivity index (χ3n) is 2.80. The first-order valence-corrected chi connectivity index (χ1v) is 5.17. The van der Waals surface area contributed by atoms with Crippen LogP contribution in [-0.2, 0) is 0 Å². The zero-order chi connectivity index (χ0) is 11.7. The molecule has 0 saturated carbocycles. The number of benzene rings is 1. The van der Waals surface area contributed by atoms with E-state index in [9.17, 15) is 17.6 Å². The average molecular weight is 233 g/mol. The summed E-state index contributed by atoms with van der Waals surface area (Å²) < 4.78 is 52.7. The lowest BCUT2D eigenvalue weighted by Gasteiger charge is -2.24. The Bertz CT molecular complexity index is 373. The lowest BCUT2D eigenvalue weighted by Crippen LogP contribution is -2.29. The number of halogens is 4. The summed E-state index contributed by atoms with van der Waals surface area (Å²) in [5.74, 6) is -5.28. The molecular formula is C11H11F4N. The first-order chi connectivity index (χ1) is 7.61. The summed E-state index contributed by atoms with van der Waals surface area (Å²) in [4.78, 5) is 0. The van der Waals surface area contributed by atoms with E-state index in [1.54, 1.807) is 0 Å². The molecule has 1 unspecified atom stereocenters. The Balaban J connectivity index is 2.45. The van der Waals surface area contributed by atoms with Crippen molar-refractivity contribution in [3.63, 3.8) is 0 Å². The van der Waals surface area contributed by atoms with Gasteiger partial charge in [0.05, 0.1) is 0 Å². The molecule has 1 aromatic carbocycles. The number of hydrogen-bond acceptors (Lipinski definition) is 1. The minimum absolute atomic E-state index is 0.233.